The van der Waals surface area contributed by atoms with Gasteiger partial charge in [0.15, 0.2) is 0 Å². The molecule has 2 aromatic heterocycles. The molecule has 0 aromatic carbocycles. The van der Waals surface area contributed by atoms with E-state index in [1.807, 2.05) is 19.1 Å². The number of pyridine rings is 2. The molecule has 2 rings (SSSR count). The molecular weight excluding hydrogens is 606 g/mol. The van der Waals surface area contributed by atoms with Crippen LogP contribution in [0, 0.1) is 6.92 Å². The van der Waals surface area contributed by atoms with Gasteiger partial charge in [-0.1, -0.05) is 0 Å². The molecular formula is C19H33BrN2O2Sn2. The molecule has 4 nitrogen and oxygen atoms in total. The van der Waals surface area contributed by atoms with Crippen molar-refractivity contribution in [3.05, 3.63) is 47.0 Å². The first-order valence-electron chi connectivity index (χ1n) is 8.28. The summed E-state index contributed by atoms with van der Waals surface area (Å²) in [4.78, 5) is 22.1. The molecule has 2 radical (unpaired) electrons. The van der Waals surface area contributed by atoms with Gasteiger partial charge < -0.3 is 9.47 Å². The van der Waals surface area contributed by atoms with Gasteiger partial charge in [0.05, 0.1) is 14.2 Å². The fourth-order valence-electron chi connectivity index (χ4n) is 1.16. The predicted octanol–water partition coefficient (Wildman–Crippen LogP) is 5.99. The van der Waals surface area contributed by atoms with Crippen molar-refractivity contribution < 1.29 is 9.47 Å². The molecule has 0 unspecified atom stereocenters. The Morgan fingerprint density at radius 3 is 1.42 bits per heavy atom. The van der Waals surface area contributed by atoms with Crippen molar-refractivity contribution in [2.24, 2.45) is 0 Å². The van der Waals surface area contributed by atoms with Crippen LogP contribution in [0.3, 0.4) is 0 Å². The molecule has 0 atom stereocenters. The number of aromatic nitrogens is 2. The molecule has 26 heavy (non-hydrogen) atoms. The van der Waals surface area contributed by atoms with Crippen LogP contribution < -0.4 is 9.47 Å². The second-order valence-corrected chi connectivity index (χ2v) is 24.3. The zero-order valence-corrected chi connectivity index (χ0v) is 24.8. The molecule has 0 N–H and O–H groups in total. The molecule has 146 valence electrons. The third-order valence-corrected chi connectivity index (χ3v) is 2.47. The second-order valence-electron chi connectivity index (χ2n) is 6.36. The van der Waals surface area contributed by atoms with Crippen LogP contribution in [0.4, 0.5) is 0 Å². The van der Waals surface area contributed by atoms with E-state index in [0.29, 0.717) is 0 Å². The number of ether oxygens (including phenoxy) is 2. The predicted molar refractivity (Wildman–Crippen MR) is 121 cm³/mol. The van der Waals surface area contributed by atoms with Gasteiger partial charge in [-0.3, -0.25) is 4.98 Å². The van der Waals surface area contributed by atoms with Gasteiger partial charge in [-0.15, -0.1) is 0 Å². The van der Waals surface area contributed by atoms with Gasteiger partial charge in [0.1, 0.15) is 16.1 Å². The first-order chi connectivity index (χ1) is 12.1. The van der Waals surface area contributed by atoms with E-state index in [2.05, 4.69) is 55.5 Å². The van der Waals surface area contributed by atoms with Crippen molar-refractivity contribution in [2.45, 2.75) is 36.6 Å². The van der Waals surface area contributed by atoms with E-state index in [1.165, 1.54) is 0 Å². The number of hydrogen-bond acceptors (Lipinski definition) is 4. The summed E-state index contributed by atoms with van der Waals surface area (Å²) in [6.45, 7) is 1.93. The van der Waals surface area contributed by atoms with Gasteiger partial charge in [0, 0.05) is 30.2 Å². The van der Waals surface area contributed by atoms with Gasteiger partial charge in [-0.2, -0.15) is 0 Å². The van der Waals surface area contributed by atoms with Gasteiger partial charge in [0.25, 0.3) is 0 Å². The van der Waals surface area contributed by atoms with E-state index in [9.17, 15) is 0 Å². The van der Waals surface area contributed by atoms with Crippen LogP contribution in [0.25, 0.3) is 0 Å². The minimum atomic E-state index is -0.543. The fraction of sp³-hybridized carbons (Fsp3) is 0.474. The van der Waals surface area contributed by atoms with E-state index < -0.39 is 39.5 Å². The summed E-state index contributed by atoms with van der Waals surface area (Å²) >= 11 is 2.13. The molecule has 0 saturated carbocycles. The number of halogens is 1. The maximum atomic E-state index is 4.96. The average Bonchev–Trinajstić information content (AvgIpc) is 2.54. The Morgan fingerprint density at radius 2 is 1.15 bits per heavy atom. The van der Waals surface area contributed by atoms with E-state index in [0.717, 1.165) is 21.8 Å². The summed E-state index contributed by atoms with van der Waals surface area (Å²) in [6.07, 6.45) is 3.41. The Bertz CT molecular complexity index is 528. The van der Waals surface area contributed by atoms with Crippen molar-refractivity contribution in [3.63, 3.8) is 0 Å². The Kier molecular flexibility index (Phi) is 19.9. The first kappa shape index (κ1) is 28.2. The molecule has 0 aliphatic carbocycles. The number of aryl methyl sites for hydroxylation is 1. The first-order valence-corrected chi connectivity index (χ1v) is 26.2. The summed E-state index contributed by atoms with van der Waals surface area (Å²) in [7, 11) is 3.27. The maximum absolute atomic E-state index is 4.96. The van der Waals surface area contributed by atoms with Crippen LogP contribution in [0.5, 0.6) is 11.5 Å². The second kappa shape index (κ2) is 18.3. The molecule has 0 spiro atoms. The number of nitrogens with zero attached hydrogens (tertiary/aromatic N) is 2. The summed E-state index contributed by atoms with van der Waals surface area (Å²) in [5.41, 5.74) is 0.981. The van der Waals surface area contributed by atoms with Crippen molar-refractivity contribution in [3.8, 4) is 11.5 Å². The molecule has 0 bridgehead atoms. The summed E-state index contributed by atoms with van der Waals surface area (Å²) < 4.78 is 10.7. The van der Waals surface area contributed by atoms with Crippen molar-refractivity contribution in [1.29, 1.82) is 0 Å². The van der Waals surface area contributed by atoms with Crippen LogP contribution in [0.2, 0.25) is 29.6 Å². The number of rotatable bonds is 2. The summed E-state index contributed by atoms with van der Waals surface area (Å²) in [6, 6.07) is 7.32. The fourth-order valence-corrected chi connectivity index (χ4v) is 1.50. The quantitative estimate of drug-likeness (QED) is 0.300. The van der Waals surface area contributed by atoms with Gasteiger partial charge in [0.2, 0.25) is 0 Å². The minimum absolute atomic E-state index is 0.543. The normalized spacial score (nSPS) is 9.08. The molecule has 0 fully saturated rings. The van der Waals surface area contributed by atoms with Crippen molar-refractivity contribution in [1.82, 2.24) is 9.97 Å². The molecule has 2 heterocycles. The topological polar surface area (TPSA) is 44.2 Å². The number of methoxy groups -OCH3 is 2. The number of hydrogen-bond donors (Lipinski definition) is 0. The van der Waals surface area contributed by atoms with E-state index in [-0.39, 0.29) is 0 Å². The SMILES string of the molecule is COc1ccnc(Br)c1.COc1ccnc(C)c1.[CH3][Sn]([CH3])[CH3].[CH3][Sn]([CH3])[CH3]. The van der Waals surface area contributed by atoms with Gasteiger partial charge in [-0.25, -0.2) is 4.98 Å². The monoisotopic (exact) mass is 640 g/mol. The van der Waals surface area contributed by atoms with Crippen LogP contribution in [0.15, 0.2) is 41.3 Å². The van der Waals surface area contributed by atoms with E-state index in [1.54, 1.807) is 38.7 Å². The third-order valence-electron chi connectivity index (χ3n) is 2.04. The third kappa shape index (κ3) is 22.0. The molecule has 0 saturated heterocycles. The molecule has 0 aliphatic rings. The molecule has 2 aromatic rings. The van der Waals surface area contributed by atoms with Crippen LogP contribution in [-0.2, 0) is 0 Å². The standard InChI is InChI=1S/C7H9NO.C6H6BrNO.6CH3.2Sn/c1-6-5-7(9-2)3-4-8-6;1-9-5-2-3-8-6(7)4-5;;;;;;;;/h3-5H,1-2H3;2-4H,1H3;6*1H3;;. The zero-order chi connectivity index (χ0) is 20.5. The molecule has 0 aliphatic heterocycles. The Labute approximate surface area is 182 Å². The zero-order valence-electron chi connectivity index (χ0n) is 17.6. The van der Waals surface area contributed by atoms with Crippen LogP contribution in [-0.4, -0.2) is 63.7 Å². The van der Waals surface area contributed by atoms with Crippen molar-refractivity contribution in [2.75, 3.05) is 14.2 Å². The van der Waals surface area contributed by atoms with E-state index >= 15 is 0 Å². The molecule has 0 amide bonds. The van der Waals surface area contributed by atoms with Gasteiger partial charge >= 0.3 is 69.2 Å². The average molecular weight is 639 g/mol. The summed E-state index contributed by atoms with van der Waals surface area (Å²) in [5.74, 6) is 1.68. The van der Waals surface area contributed by atoms with Crippen LogP contribution >= 0.6 is 15.9 Å². The van der Waals surface area contributed by atoms with Gasteiger partial charge in [-0.05, 0) is 35.0 Å². The Hall–Kier alpha value is -0.0226. The van der Waals surface area contributed by atoms with Crippen molar-refractivity contribution >= 4 is 55.4 Å². The summed E-state index contributed by atoms with van der Waals surface area (Å²) in [5, 5.41) is 0. The van der Waals surface area contributed by atoms with E-state index in [4.69, 9.17) is 9.47 Å². The van der Waals surface area contributed by atoms with Crippen LogP contribution in [0.1, 0.15) is 5.69 Å². The Balaban J connectivity index is 0. The Morgan fingerprint density at radius 1 is 0.769 bits per heavy atom. The molecule has 7 heteroatoms.